The molecule has 1 heterocycles. The predicted octanol–water partition coefficient (Wildman–Crippen LogP) is 2.43. The van der Waals surface area contributed by atoms with Crippen molar-refractivity contribution < 1.29 is 19.4 Å². The molecule has 0 aromatic heterocycles. The lowest BCUT2D eigenvalue weighted by atomic mass is 9.93. The van der Waals surface area contributed by atoms with Crippen molar-refractivity contribution in [2.45, 2.75) is 59.1 Å². The van der Waals surface area contributed by atoms with Crippen LogP contribution in [0.2, 0.25) is 0 Å². The van der Waals surface area contributed by atoms with Crippen LogP contribution in [0.3, 0.4) is 0 Å². The van der Waals surface area contributed by atoms with E-state index in [9.17, 15) is 14.7 Å². The molecule has 0 aromatic rings. The van der Waals surface area contributed by atoms with E-state index < -0.39 is 23.6 Å². The lowest BCUT2D eigenvalue weighted by Crippen LogP contribution is -2.55. The number of hydrogen-bond donors (Lipinski definition) is 1. The van der Waals surface area contributed by atoms with Crippen LogP contribution in [0, 0.1) is 5.92 Å². The number of rotatable bonds is 5. The Morgan fingerprint density at radius 3 is 2.36 bits per heavy atom. The number of amides is 1. The standard InChI is InChI=1S/C16H30N2O4/c1-6-8-17(7-2)13-9-12(14(19)20)10-18(11-13)15(21)22-16(3,4)5/h12-13H,6-11H2,1-5H3,(H,19,20)/t12-,13-/m0/s1. The zero-order valence-electron chi connectivity index (χ0n) is 14.5. The fourth-order valence-corrected chi connectivity index (χ4v) is 2.88. The normalized spacial score (nSPS) is 22.7. The van der Waals surface area contributed by atoms with Crippen LogP contribution in [0.25, 0.3) is 0 Å². The minimum atomic E-state index is -0.842. The van der Waals surface area contributed by atoms with Crippen LogP contribution >= 0.6 is 0 Å². The number of carbonyl (C=O) groups excluding carboxylic acids is 1. The smallest absolute Gasteiger partial charge is 0.410 e. The molecule has 1 saturated heterocycles. The average molecular weight is 314 g/mol. The Kier molecular flexibility index (Phi) is 6.66. The van der Waals surface area contributed by atoms with Crippen LogP contribution in [0.4, 0.5) is 4.79 Å². The minimum absolute atomic E-state index is 0.0762. The first-order valence-corrected chi connectivity index (χ1v) is 8.12. The molecule has 0 aromatic carbocycles. The van der Waals surface area contributed by atoms with Gasteiger partial charge in [-0.2, -0.15) is 0 Å². The van der Waals surface area contributed by atoms with Crippen molar-refractivity contribution in [3.8, 4) is 0 Å². The third-order valence-corrected chi connectivity index (χ3v) is 3.86. The number of likely N-dealkylation sites (N-methyl/N-ethyl adjacent to an activating group) is 1. The van der Waals surface area contributed by atoms with Gasteiger partial charge in [0.25, 0.3) is 0 Å². The van der Waals surface area contributed by atoms with Gasteiger partial charge in [0.15, 0.2) is 0 Å². The van der Waals surface area contributed by atoms with Crippen molar-refractivity contribution in [3.05, 3.63) is 0 Å². The van der Waals surface area contributed by atoms with Crippen LogP contribution in [0.1, 0.15) is 47.5 Å². The highest BCUT2D eigenvalue weighted by Crippen LogP contribution is 2.23. The van der Waals surface area contributed by atoms with Gasteiger partial charge < -0.3 is 14.7 Å². The maximum atomic E-state index is 12.3. The van der Waals surface area contributed by atoms with Crippen LogP contribution in [0.5, 0.6) is 0 Å². The summed E-state index contributed by atoms with van der Waals surface area (Å²) in [6, 6.07) is 0.0762. The number of carboxylic acid groups (broad SMARTS) is 1. The van der Waals surface area contributed by atoms with Crippen LogP contribution in [-0.4, -0.2) is 64.8 Å². The molecule has 0 saturated carbocycles. The summed E-state index contributed by atoms with van der Waals surface area (Å²) in [7, 11) is 0. The Balaban J connectivity index is 2.84. The van der Waals surface area contributed by atoms with Gasteiger partial charge in [0, 0.05) is 19.1 Å². The lowest BCUT2D eigenvalue weighted by molar-refractivity contribution is -0.144. The van der Waals surface area contributed by atoms with Crippen molar-refractivity contribution in [1.29, 1.82) is 0 Å². The number of aliphatic carboxylic acids is 1. The SMILES string of the molecule is CCCN(CC)[C@H]1C[C@H](C(=O)O)CN(C(=O)OC(C)(C)C)C1. The van der Waals surface area contributed by atoms with Gasteiger partial charge in [-0.1, -0.05) is 13.8 Å². The summed E-state index contributed by atoms with van der Waals surface area (Å²) in [6.07, 6.45) is 1.17. The molecule has 2 atom stereocenters. The van der Waals surface area contributed by atoms with E-state index in [-0.39, 0.29) is 12.6 Å². The number of hydrogen-bond acceptors (Lipinski definition) is 4. The molecule has 128 valence electrons. The minimum Gasteiger partial charge on any atom is -0.481 e. The molecule has 1 aliphatic heterocycles. The first kappa shape index (κ1) is 18.7. The molecule has 6 nitrogen and oxygen atoms in total. The molecule has 6 heteroatoms. The summed E-state index contributed by atoms with van der Waals surface area (Å²) in [6.45, 7) is 12.1. The maximum absolute atomic E-state index is 12.3. The van der Waals surface area contributed by atoms with E-state index in [0.29, 0.717) is 13.0 Å². The highest BCUT2D eigenvalue weighted by Gasteiger charge is 2.37. The topological polar surface area (TPSA) is 70.1 Å². The Bertz CT molecular complexity index is 392. The van der Waals surface area contributed by atoms with E-state index in [2.05, 4.69) is 18.7 Å². The summed E-state index contributed by atoms with van der Waals surface area (Å²) in [5.74, 6) is -1.37. The highest BCUT2D eigenvalue weighted by atomic mass is 16.6. The fourth-order valence-electron chi connectivity index (χ4n) is 2.88. The zero-order valence-corrected chi connectivity index (χ0v) is 14.5. The number of likely N-dealkylation sites (tertiary alicyclic amines) is 1. The molecule has 22 heavy (non-hydrogen) atoms. The third-order valence-electron chi connectivity index (χ3n) is 3.86. The third kappa shape index (κ3) is 5.48. The second-order valence-corrected chi connectivity index (χ2v) is 6.94. The number of ether oxygens (including phenoxy) is 1. The first-order valence-electron chi connectivity index (χ1n) is 8.12. The quantitative estimate of drug-likeness (QED) is 0.844. The van der Waals surface area contributed by atoms with Gasteiger partial charge in [0.05, 0.1) is 5.92 Å². The van der Waals surface area contributed by atoms with E-state index in [0.717, 1.165) is 19.5 Å². The largest absolute Gasteiger partial charge is 0.481 e. The molecule has 1 fully saturated rings. The second-order valence-electron chi connectivity index (χ2n) is 6.94. The van der Waals surface area contributed by atoms with Crippen molar-refractivity contribution in [1.82, 2.24) is 9.80 Å². The van der Waals surface area contributed by atoms with Gasteiger partial charge in [-0.05, 0) is 46.7 Å². The number of carbonyl (C=O) groups is 2. The summed E-state index contributed by atoms with van der Waals surface area (Å²) < 4.78 is 5.40. The van der Waals surface area contributed by atoms with Gasteiger partial charge in [0.2, 0.25) is 0 Å². The van der Waals surface area contributed by atoms with Crippen LogP contribution in [-0.2, 0) is 9.53 Å². The molecular weight excluding hydrogens is 284 g/mol. The van der Waals surface area contributed by atoms with Crippen molar-refractivity contribution in [2.24, 2.45) is 5.92 Å². The summed E-state index contributed by atoms with van der Waals surface area (Å²) in [5, 5.41) is 9.38. The zero-order chi connectivity index (χ0) is 16.9. The number of nitrogens with zero attached hydrogens (tertiary/aromatic N) is 2. The Morgan fingerprint density at radius 2 is 1.91 bits per heavy atom. The molecule has 0 bridgehead atoms. The Labute approximate surface area is 133 Å². The second kappa shape index (κ2) is 7.81. The van der Waals surface area contributed by atoms with Crippen molar-refractivity contribution in [2.75, 3.05) is 26.2 Å². The first-order chi connectivity index (χ1) is 10.2. The van der Waals surface area contributed by atoms with Crippen molar-refractivity contribution >= 4 is 12.1 Å². The number of piperidine rings is 1. The average Bonchev–Trinajstić information content (AvgIpc) is 2.42. The van der Waals surface area contributed by atoms with Gasteiger partial charge in [-0.15, -0.1) is 0 Å². The van der Waals surface area contributed by atoms with E-state index in [4.69, 9.17) is 4.74 Å². The van der Waals surface area contributed by atoms with Crippen LogP contribution < -0.4 is 0 Å². The van der Waals surface area contributed by atoms with Gasteiger partial charge in [0.1, 0.15) is 5.60 Å². The monoisotopic (exact) mass is 314 g/mol. The van der Waals surface area contributed by atoms with Gasteiger partial charge in [-0.25, -0.2) is 4.79 Å². The van der Waals surface area contributed by atoms with E-state index in [1.165, 1.54) is 0 Å². The molecule has 1 aliphatic rings. The molecule has 0 radical (unpaired) electrons. The summed E-state index contributed by atoms with van der Waals surface area (Å²) in [4.78, 5) is 27.5. The molecule has 0 aliphatic carbocycles. The molecule has 0 spiro atoms. The molecular formula is C16H30N2O4. The number of carboxylic acids is 1. The van der Waals surface area contributed by atoms with Gasteiger partial charge >= 0.3 is 12.1 Å². The van der Waals surface area contributed by atoms with Crippen molar-refractivity contribution in [3.63, 3.8) is 0 Å². The predicted molar refractivity (Wildman–Crippen MR) is 84.9 cm³/mol. The van der Waals surface area contributed by atoms with Crippen LogP contribution in [0.15, 0.2) is 0 Å². The highest BCUT2D eigenvalue weighted by molar-refractivity contribution is 5.73. The van der Waals surface area contributed by atoms with E-state index in [1.807, 2.05) is 20.8 Å². The molecule has 1 rings (SSSR count). The molecule has 1 amide bonds. The van der Waals surface area contributed by atoms with E-state index in [1.54, 1.807) is 4.90 Å². The maximum Gasteiger partial charge on any atom is 0.410 e. The van der Waals surface area contributed by atoms with Gasteiger partial charge in [-0.3, -0.25) is 9.69 Å². The summed E-state index contributed by atoms with van der Waals surface area (Å²) >= 11 is 0. The Hall–Kier alpha value is -1.30. The lowest BCUT2D eigenvalue weighted by Gasteiger charge is -2.41. The van der Waals surface area contributed by atoms with E-state index >= 15 is 0 Å². The molecule has 0 unspecified atom stereocenters. The summed E-state index contributed by atoms with van der Waals surface area (Å²) in [5.41, 5.74) is -0.573. The fraction of sp³-hybridized carbons (Fsp3) is 0.875. The molecule has 1 N–H and O–H groups in total. The Morgan fingerprint density at radius 1 is 1.27 bits per heavy atom.